The molecule has 0 amide bonds. The molecule has 4 nitrogen and oxygen atoms in total. The maximum atomic E-state index is 11.5. The predicted octanol–water partition coefficient (Wildman–Crippen LogP) is 2.34. The van der Waals surface area contributed by atoms with Gasteiger partial charge in [-0.15, -0.1) is 0 Å². The molecule has 2 atom stereocenters. The third-order valence-electron chi connectivity index (χ3n) is 3.75. The monoisotopic (exact) mass is 270 g/mol. The zero-order valence-corrected chi connectivity index (χ0v) is 13.3. The highest BCUT2D eigenvalue weighted by Crippen LogP contribution is 2.26. The Hall–Kier alpha value is -0.610. The number of carboxylic acid groups (broad SMARTS) is 1. The Morgan fingerprint density at radius 2 is 1.89 bits per heavy atom. The summed E-state index contributed by atoms with van der Waals surface area (Å²) in [5.74, 6) is -0.740. The molecular formula is C15H30N2O2. The van der Waals surface area contributed by atoms with Crippen molar-refractivity contribution in [1.82, 2.24) is 10.2 Å². The van der Waals surface area contributed by atoms with E-state index in [1.165, 1.54) is 0 Å². The molecule has 0 aromatic rings. The standard InChI is InChI=1S/C15H30N2O2/c1-11(17(6)10-14(2,3)4)9-15(5,13(18)19)16-12-7-8-12/h11-12,16H,7-10H2,1-6H3,(H,18,19). The summed E-state index contributed by atoms with van der Waals surface area (Å²) in [7, 11) is 2.08. The van der Waals surface area contributed by atoms with Crippen LogP contribution in [0.25, 0.3) is 0 Å². The van der Waals surface area contributed by atoms with Gasteiger partial charge in [0.15, 0.2) is 0 Å². The van der Waals surface area contributed by atoms with Crippen molar-refractivity contribution in [2.75, 3.05) is 13.6 Å². The molecule has 1 saturated carbocycles. The van der Waals surface area contributed by atoms with E-state index in [2.05, 4.69) is 45.0 Å². The van der Waals surface area contributed by atoms with Gasteiger partial charge in [0.1, 0.15) is 5.54 Å². The summed E-state index contributed by atoms with van der Waals surface area (Å²) in [6.45, 7) is 11.5. The minimum absolute atomic E-state index is 0.229. The van der Waals surface area contributed by atoms with Crippen molar-refractivity contribution < 1.29 is 9.90 Å². The second-order valence-corrected chi connectivity index (χ2v) is 7.58. The van der Waals surface area contributed by atoms with E-state index in [1.54, 1.807) is 0 Å². The fourth-order valence-corrected chi connectivity index (χ4v) is 2.54. The summed E-state index contributed by atoms with van der Waals surface area (Å²) >= 11 is 0. The first-order chi connectivity index (χ1) is 8.53. The lowest BCUT2D eigenvalue weighted by Crippen LogP contribution is -2.54. The van der Waals surface area contributed by atoms with Gasteiger partial charge in [-0.25, -0.2) is 0 Å². The summed E-state index contributed by atoms with van der Waals surface area (Å²) < 4.78 is 0. The van der Waals surface area contributed by atoms with Crippen molar-refractivity contribution in [2.24, 2.45) is 5.41 Å². The van der Waals surface area contributed by atoms with E-state index in [0.29, 0.717) is 12.5 Å². The third-order valence-corrected chi connectivity index (χ3v) is 3.75. The molecule has 0 aromatic carbocycles. The van der Waals surface area contributed by atoms with Crippen molar-refractivity contribution in [3.63, 3.8) is 0 Å². The molecule has 2 N–H and O–H groups in total. The molecule has 1 aliphatic carbocycles. The summed E-state index contributed by atoms with van der Waals surface area (Å²) in [4.78, 5) is 13.8. The van der Waals surface area contributed by atoms with Crippen molar-refractivity contribution in [2.45, 2.75) is 71.5 Å². The van der Waals surface area contributed by atoms with Crippen LogP contribution in [0.5, 0.6) is 0 Å². The van der Waals surface area contributed by atoms with Gasteiger partial charge in [-0.05, 0) is 45.6 Å². The SMILES string of the molecule is CC(CC(C)(NC1CC1)C(=O)O)N(C)CC(C)(C)C. The largest absolute Gasteiger partial charge is 0.480 e. The molecule has 0 aromatic heterocycles. The van der Waals surface area contributed by atoms with E-state index < -0.39 is 11.5 Å². The van der Waals surface area contributed by atoms with Crippen LogP contribution in [0.1, 0.15) is 53.9 Å². The van der Waals surface area contributed by atoms with Crippen LogP contribution in [0.4, 0.5) is 0 Å². The van der Waals surface area contributed by atoms with Crippen LogP contribution < -0.4 is 5.32 Å². The normalized spacial score (nSPS) is 21.2. The average molecular weight is 270 g/mol. The van der Waals surface area contributed by atoms with Gasteiger partial charge < -0.3 is 10.0 Å². The number of nitrogens with zero attached hydrogens (tertiary/aromatic N) is 1. The molecule has 0 bridgehead atoms. The van der Waals surface area contributed by atoms with Crippen LogP contribution in [-0.4, -0.2) is 47.2 Å². The Morgan fingerprint density at radius 1 is 1.37 bits per heavy atom. The van der Waals surface area contributed by atoms with Crippen LogP contribution in [0.2, 0.25) is 0 Å². The quantitative estimate of drug-likeness (QED) is 0.745. The first-order valence-corrected chi connectivity index (χ1v) is 7.25. The highest BCUT2D eigenvalue weighted by Gasteiger charge is 2.40. The van der Waals surface area contributed by atoms with E-state index in [-0.39, 0.29) is 11.5 Å². The maximum absolute atomic E-state index is 11.5. The second kappa shape index (κ2) is 5.80. The third kappa shape index (κ3) is 5.49. The van der Waals surface area contributed by atoms with Gasteiger partial charge in [-0.3, -0.25) is 10.1 Å². The van der Waals surface area contributed by atoms with Gasteiger partial charge in [0, 0.05) is 18.6 Å². The Morgan fingerprint density at radius 3 is 2.26 bits per heavy atom. The fourth-order valence-electron chi connectivity index (χ4n) is 2.54. The summed E-state index contributed by atoms with van der Waals surface area (Å²) in [6, 6.07) is 0.646. The molecule has 4 heteroatoms. The predicted molar refractivity (Wildman–Crippen MR) is 78.4 cm³/mol. The molecule has 1 fully saturated rings. The summed E-state index contributed by atoms with van der Waals surface area (Å²) in [5, 5.41) is 12.8. The van der Waals surface area contributed by atoms with Gasteiger partial charge in [0.2, 0.25) is 0 Å². The van der Waals surface area contributed by atoms with Crippen LogP contribution >= 0.6 is 0 Å². The molecular weight excluding hydrogens is 240 g/mol. The minimum atomic E-state index is -0.813. The lowest BCUT2D eigenvalue weighted by molar-refractivity contribution is -0.145. The number of hydrogen-bond donors (Lipinski definition) is 2. The number of aliphatic carboxylic acids is 1. The van der Waals surface area contributed by atoms with E-state index in [4.69, 9.17) is 0 Å². The molecule has 1 rings (SSSR count). The molecule has 112 valence electrons. The number of carboxylic acids is 1. The van der Waals surface area contributed by atoms with Crippen molar-refractivity contribution >= 4 is 5.97 Å². The minimum Gasteiger partial charge on any atom is -0.480 e. The van der Waals surface area contributed by atoms with Crippen LogP contribution in [0, 0.1) is 5.41 Å². The molecule has 1 aliphatic rings. The number of hydrogen-bond acceptors (Lipinski definition) is 3. The van der Waals surface area contributed by atoms with Crippen molar-refractivity contribution in [3.05, 3.63) is 0 Å². The molecule has 0 radical (unpaired) electrons. The molecule has 19 heavy (non-hydrogen) atoms. The van der Waals surface area contributed by atoms with Gasteiger partial charge in [-0.1, -0.05) is 20.8 Å². The van der Waals surface area contributed by atoms with Crippen molar-refractivity contribution in [1.29, 1.82) is 0 Å². The summed E-state index contributed by atoms with van der Waals surface area (Å²) in [6.07, 6.45) is 2.84. The zero-order chi connectivity index (χ0) is 14.8. The Bertz CT molecular complexity index is 321. The van der Waals surface area contributed by atoms with E-state index in [1.807, 2.05) is 6.92 Å². The Kier molecular flexibility index (Phi) is 5.02. The van der Waals surface area contributed by atoms with Crippen LogP contribution in [0.3, 0.4) is 0 Å². The van der Waals surface area contributed by atoms with Gasteiger partial charge in [-0.2, -0.15) is 0 Å². The lowest BCUT2D eigenvalue weighted by Gasteiger charge is -2.36. The van der Waals surface area contributed by atoms with Crippen LogP contribution in [0.15, 0.2) is 0 Å². The number of carbonyl (C=O) groups is 1. The maximum Gasteiger partial charge on any atom is 0.323 e. The lowest BCUT2D eigenvalue weighted by atomic mass is 9.90. The van der Waals surface area contributed by atoms with Crippen LogP contribution in [-0.2, 0) is 4.79 Å². The van der Waals surface area contributed by atoms with Gasteiger partial charge in [0.05, 0.1) is 0 Å². The topological polar surface area (TPSA) is 52.6 Å². The number of nitrogens with one attached hydrogen (secondary N) is 1. The second-order valence-electron chi connectivity index (χ2n) is 7.58. The van der Waals surface area contributed by atoms with E-state index in [9.17, 15) is 9.90 Å². The fraction of sp³-hybridized carbons (Fsp3) is 0.933. The van der Waals surface area contributed by atoms with Gasteiger partial charge >= 0.3 is 5.97 Å². The molecule has 0 spiro atoms. The smallest absolute Gasteiger partial charge is 0.323 e. The highest BCUT2D eigenvalue weighted by molar-refractivity contribution is 5.78. The molecule has 0 aliphatic heterocycles. The molecule has 2 unspecified atom stereocenters. The Balaban J connectivity index is 2.59. The number of rotatable bonds is 7. The van der Waals surface area contributed by atoms with E-state index >= 15 is 0 Å². The Labute approximate surface area is 117 Å². The first-order valence-electron chi connectivity index (χ1n) is 7.25. The molecule has 0 heterocycles. The first kappa shape index (κ1) is 16.4. The highest BCUT2D eigenvalue weighted by atomic mass is 16.4. The zero-order valence-electron chi connectivity index (χ0n) is 13.3. The van der Waals surface area contributed by atoms with Gasteiger partial charge in [0.25, 0.3) is 0 Å². The van der Waals surface area contributed by atoms with E-state index in [0.717, 1.165) is 19.4 Å². The molecule has 0 saturated heterocycles. The summed E-state index contributed by atoms with van der Waals surface area (Å²) in [5.41, 5.74) is -0.584. The van der Waals surface area contributed by atoms with Crippen molar-refractivity contribution in [3.8, 4) is 0 Å². The average Bonchev–Trinajstić information content (AvgIpc) is 2.98.